The standard InChI is InChI=1S/C22H24F4N2O8S/c1-10(30)27-18-20(32)19(31)16(9-29)36-21(18)35-15-5-3-4-12(22(24,25)26)17(15)11-6-7-13(23)14(8-11)28-37(2,33)34/h3-8,16,18-21,28-29,31-32H,9H2,1-2H3,(H,27,30)/t16-,18-,19+,20-,21-/m1/s1. The first kappa shape index (κ1) is 28.6. The molecule has 1 fully saturated rings. The molecule has 15 heteroatoms. The van der Waals surface area contributed by atoms with Gasteiger partial charge in [-0.2, -0.15) is 13.2 Å². The molecule has 0 unspecified atom stereocenters. The fourth-order valence-corrected chi connectivity index (χ4v) is 4.37. The molecule has 37 heavy (non-hydrogen) atoms. The van der Waals surface area contributed by atoms with Gasteiger partial charge in [-0.25, -0.2) is 12.8 Å². The van der Waals surface area contributed by atoms with Gasteiger partial charge < -0.3 is 30.1 Å². The van der Waals surface area contributed by atoms with E-state index in [1.165, 1.54) is 0 Å². The van der Waals surface area contributed by atoms with Gasteiger partial charge in [0.2, 0.25) is 22.2 Å². The van der Waals surface area contributed by atoms with Crippen molar-refractivity contribution in [3.05, 3.63) is 47.8 Å². The summed E-state index contributed by atoms with van der Waals surface area (Å²) in [5.41, 5.74) is -2.76. The molecule has 0 radical (unpaired) electrons. The molecule has 0 bridgehead atoms. The number of sulfonamides is 1. The van der Waals surface area contributed by atoms with Crippen molar-refractivity contribution in [2.24, 2.45) is 0 Å². The molecule has 0 spiro atoms. The van der Waals surface area contributed by atoms with E-state index in [2.05, 4.69) is 5.32 Å². The van der Waals surface area contributed by atoms with E-state index in [0.717, 1.165) is 49.6 Å². The minimum atomic E-state index is -4.94. The first-order valence-electron chi connectivity index (χ1n) is 10.7. The van der Waals surface area contributed by atoms with Gasteiger partial charge in [0.05, 0.1) is 24.1 Å². The van der Waals surface area contributed by atoms with E-state index in [-0.39, 0.29) is 5.56 Å². The minimum absolute atomic E-state index is 0.290. The predicted octanol–water partition coefficient (Wildman–Crippen LogP) is 1.21. The highest BCUT2D eigenvalue weighted by Crippen LogP contribution is 2.44. The zero-order chi connectivity index (χ0) is 27.7. The Balaban J connectivity index is 2.16. The fourth-order valence-electron chi connectivity index (χ4n) is 3.82. The monoisotopic (exact) mass is 552 g/mol. The van der Waals surface area contributed by atoms with Crippen molar-refractivity contribution < 1.29 is 55.6 Å². The summed E-state index contributed by atoms with van der Waals surface area (Å²) in [6.45, 7) is 0.289. The SMILES string of the molecule is CC(=O)N[C@H]1[C@H](Oc2cccc(C(F)(F)F)c2-c2ccc(F)c(NS(C)(=O)=O)c2)O[C@H](CO)[C@H](O)[C@@H]1O. The number of nitrogens with one attached hydrogen (secondary N) is 2. The normalized spacial score (nSPS) is 24.4. The van der Waals surface area contributed by atoms with Crippen LogP contribution in [0.5, 0.6) is 5.75 Å². The van der Waals surface area contributed by atoms with Crippen LogP contribution < -0.4 is 14.8 Å². The van der Waals surface area contributed by atoms with Crippen LogP contribution in [0.15, 0.2) is 36.4 Å². The highest BCUT2D eigenvalue weighted by Gasteiger charge is 2.46. The topological polar surface area (TPSA) is 154 Å². The van der Waals surface area contributed by atoms with Crippen LogP contribution in [0, 0.1) is 5.82 Å². The molecular weight excluding hydrogens is 528 g/mol. The molecular formula is C22H24F4N2O8S. The molecule has 0 aromatic heterocycles. The van der Waals surface area contributed by atoms with E-state index in [0.29, 0.717) is 0 Å². The fraction of sp³-hybridized carbons (Fsp3) is 0.409. The molecule has 1 saturated heterocycles. The Morgan fingerprint density at radius 1 is 1.16 bits per heavy atom. The summed E-state index contributed by atoms with van der Waals surface area (Å²) in [6.07, 6.45) is -10.7. The molecule has 5 N–H and O–H groups in total. The lowest BCUT2D eigenvalue weighted by molar-refractivity contribution is -0.244. The van der Waals surface area contributed by atoms with E-state index < -0.39 is 87.7 Å². The van der Waals surface area contributed by atoms with Crippen molar-refractivity contribution in [2.75, 3.05) is 17.6 Å². The summed E-state index contributed by atoms with van der Waals surface area (Å²) in [4.78, 5) is 11.7. The second kappa shape index (κ2) is 10.8. The van der Waals surface area contributed by atoms with Crippen molar-refractivity contribution in [2.45, 2.75) is 43.7 Å². The smallest absolute Gasteiger partial charge is 0.417 e. The molecule has 0 aliphatic carbocycles. The Morgan fingerprint density at radius 3 is 2.41 bits per heavy atom. The third-order valence-corrected chi connectivity index (χ3v) is 5.97. The van der Waals surface area contributed by atoms with Gasteiger partial charge in [-0.3, -0.25) is 9.52 Å². The summed E-state index contributed by atoms with van der Waals surface area (Å²) in [5, 5.41) is 32.4. The maximum absolute atomic E-state index is 14.2. The van der Waals surface area contributed by atoms with Crippen LogP contribution >= 0.6 is 0 Å². The Kier molecular flexibility index (Phi) is 8.34. The number of amides is 1. The summed E-state index contributed by atoms with van der Waals surface area (Å²) in [6, 6.07) is 3.95. The molecule has 0 saturated carbocycles. The van der Waals surface area contributed by atoms with Crippen LogP contribution in [-0.4, -0.2) is 73.2 Å². The molecule has 3 rings (SSSR count). The van der Waals surface area contributed by atoms with Crippen molar-refractivity contribution >= 4 is 21.6 Å². The number of aliphatic hydroxyl groups excluding tert-OH is 3. The lowest BCUT2D eigenvalue weighted by atomic mass is 9.96. The number of benzene rings is 2. The van der Waals surface area contributed by atoms with E-state index in [4.69, 9.17) is 9.47 Å². The van der Waals surface area contributed by atoms with Crippen LogP contribution in [0.1, 0.15) is 12.5 Å². The minimum Gasteiger partial charge on any atom is -0.462 e. The van der Waals surface area contributed by atoms with E-state index in [1.54, 1.807) is 0 Å². The molecule has 1 amide bonds. The number of carbonyl (C=O) groups is 1. The van der Waals surface area contributed by atoms with Gasteiger partial charge in [0, 0.05) is 12.5 Å². The first-order chi connectivity index (χ1) is 17.1. The first-order valence-corrected chi connectivity index (χ1v) is 12.6. The number of anilines is 1. The van der Waals surface area contributed by atoms with Crippen LogP contribution in [0.25, 0.3) is 11.1 Å². The molecule has 204 valence electrons. The summed E-state index contributed by atoms with van der Waals surface area (Å²) in [5.74, 6) is -2.23. The quantitative estimate of drug-likeness (QED) is 0.321. The summed E-state index contributed by atoms with van der Waals surface area (Å²) in [7, 11) is -3.99. The number of aliphatic hydroxyl groups is 3. The third kappa shape index (κ3) is 6.67. The number of halogens is 4. The Morgan fingerprint density at radius 2 is 1.84 bits per heavy atom. The highest BCUT2D eigenvalue weighted by molar-refractivity contribution is 7.92. The highest BCUT2D eigenvalue weighted by atomic mass is 32.2. The van der Waals surface area contributed by atoms with Gasteiger partial charge in [-0.05, 0) is 29.8 Å². The molecule has 2 aromatic rings. The van der Waals surface area contributed by atoms with Gasteiger partial charge in [0.1, 0.15) is 35.9 Å². The van der Waals surface area contributed by atoms with Crippen LogP contribution in [0.2, 0.25) is 0 Å². The van der Waals surface area contributed by atoms with Gasteiger partial charge in [0.25, 0.3) is 0 Å². The zero-order valence-electron chi connectivity index (χ0n) is 19.4. The van der Waals surface area contributed by atoms with Crippen molar-refractivity contribution in [1.82, 2.24) is 5.32 Å². The number of hydrogen-bond donors (Lipinski definition) is 5. The number of carbonyl (C=O) groups excluding carboxylic acids is 1. The Hall–Kier alpha value is -2.98. The Labute approximate surface area is 208 Å². The van der Waals surface area contributed by atoms with E-state index >= 15 is 0 Å². The largest absolute Gasteiger partial charge is 0.462 e. The lowest BCUT2D eigenvalue weighted by Crippen LogP contribution is -2.65. The van der Waals surface area contributed by atoms with Crippen LogP contribution in [0.3, 0.4) is 0 Å². The summed E-state index contributed by atoms with van der Waals surface area (Å²) < 4.78 is 92.4. The Bertz CT molecular complexity index is 1260. The molecule has 5 atom stereocenters. The number of hydrogen-bond acceptors (Lipinski definition) is 8. The maximum atomic E-state index is 14.2. The van der Waals surface area contributed by atoms with Crippen LogP contribution in [-0.2, 0) is 25.7 Å². The maximum Gasteiger partial charge on any atom is 0.417 e. The summed E-state index contributed by atoms with van der Waals surface area (Å²) >= 11 is 0. The second-order valence-corrected chi connectivity index (χ2v) is 10.0. The van der Waals surface area contributed by atoms with Crippen molar-refractivity contribution in [1.29, 1.82) is 0 Å². The van der Waals surface area contributed by atoms with Crippen molar-refractivity contribution in [3.63, 3.8) is 0 Å². The number of rotatable bonds is 7. The average molecular weight is 552 g/mol. The van der Waals surface area contributed by atoms with E-state index in [1.807, 2.05) is 4.72 Å². The predicted molar refractivity (Wildman–Crippen MR) is 121 cm³/mol. The van der Waals surface area contributed by atoms with E-state index in [9.17, 15) is 46.1 Å². The molecule has 2 aromatic carbocycles. The second-order valence-electron chi connectivity index (χ2n) is 8.30. The third-order valence-electron chi connectivity index (χ3n) is 5.38. The van der Waals surface area contributed by atoms with Gasteiger partial charge in [-0.1, -0.05) is 12.1 Å². The average Bonchev–Trinajstić information content (AvgIpc) is 2.78. The zero-order valence-corrected chi connectivity index (χ0v) is 20.2. The van der Waals surface area contributed by atoms with Gasteiger partial charge in [-0.15, -0.1) is 0 Å². The molecule has 1 aliphatic heterocycles. The van der Waals surface area contributed by atoms with Gasteiger partial charge in [0.15, 0.2) is 0 Å². The van der Waals surface area contributed by atoms with Crippen molar-refractivity contribution in [3.8, 4) is 16.9 Å². The molecule has 10 nitrogen and oxygen atoms in total. The number of ether oxygens (including phenoxy) is 2. The molecule has 1 heterocycles. The van der Waals surface area contributed by atoms with Gasteiger partial charge >= 0.3 is 6.18 Å². The van der Waals surface area contributed by atoms with Crippen LogP contribution in [0.4, 0.5) is 23.2 Å². The molecule has 1 aliphatic rings. The number of alkyl halides is 3. The lowest BCUT2D eigenvalue weighted by Gasteiger charge is -2.42.